The van der Waals surface area contributed by atoms with Crippen LogP contribution < -0.4 is 5.32 Å². The topological polar surface area (TPSA) is 39.7 Å². The zero-order chi connectivity index (χ0) is 12.8. The van der Waals surface area contributed by atoms with Crippen molar-refractivity contribution in [3.63, 3.8) is 0 Å². The smallest absolute Gasteiger partial charge is 0.0701 e. The molecule has 1 atom stereocenters. The molecule has 0 aliphatic heterocycles. The molecular weight excluding hydrogens is 218 g/mol. The minimum absolute atomic E-state index is 0.475. The maximum atomic E-state index is 5.57. The molecule has 0 fully saturated rings. The molecule has 0 bridgehead atoms. The Balaban J connectivity index is 3.19. The van der Waals surface area contributed by atoms with E-state index in [-0.39, 0.29) is 0 Å². The van der Waals surface area contributed by atoms with Crippen molar-refractivity contribution in [3.05, 3.63) is 0 Å². The third kappa shape index (κ3) is 12.1. The van der Waals surface area contributed by atoms with Crippen LogP contribution in [0.2, 0.25) is 0 Å². The molecule has 0 rings (SSSR count). The summed E-state index contributed by atoms with van der Waals surface area (Å²) in [6, 6.07) is 0.475. The van der Waals surface area contributed by atoms with E-state index in [0.717, 1.165) is 39.2 Å². The Labute approximate surface area is 106 Å². The molecule has 4 heteroatoms. The van der Waals surface area contributed by atoms with Crippen molar-refractivity contribution in [2.45, 2.75) is 39.2 Å². The lowest BCUT2D eigenvalue weighted by Crippen LogP contribution is -2.33. The standard InChI is InChI=1S/C13H29NO3/c1-4-7-14-13(5-2)12-17-11-10-16-9-6-8-15-3/h13-14H,4-12H2,1-3H3. The largest absolute Gasteiger partial charge is 0.385 e. The highest BCUT2D eigenvalue weighted by Gasteiger charge is 2.03. The van der Waals surface area contributed by atoms with Crippen LogP contribution in [0, 0.1) is 0 Å². The molecule has 0 aliphatic rings. The quantitative estimate of drug-likeness (QED) is 0.504. The van der Waals surface area contributed by atoms with Gasteiger partial charge in [-0.1, -0.05) is 13.8 Å². The van der Waals surface area contributed by atoms with E-state index in [0.29, 0.717) is 19.3 Å². The van der Waals surface area contributed by atoms with Gasteiger partial charge in [-0.15, -0.1) is 0 Å². The third-order valence-electron chi connectivity index (χ3n) is 2.50. The Hall–Kier alpha value is -0.160. The third-order valence-corrected chi connectivity index (χ3v) is 2.50. The molecule has 0 saturated carbocycles. The van der Waals surface area contributed by atoms with Crippen molar-refractivity contribution in [1.82, 2.24) is 5.32 Å². The highest BCUT2D eigenvalue weighted by Crippen LogP contribution is 1.93. The summed E-state index contributed by atoms with van der Waals surface area (Å²) in [5.74, 6) is 0. The molecule has 0 radical (unpaired) electrons. The maximum absolute atomic E-state index is 5.57. The van der Waals surface area contributed by atoms with Gasteiger partial charge in [0.1, 0.15) is 0 Å². The predicted molar refractivity (Wildman–Crippen MR) is 70.5 cm³/mol. The SMILES string of the molecule is CCCNC(CC)COCCOCCCOC. The molecule has 1 unspecified atom stereocenters. The first-order chi connectivity index (χ1) is 8.35. The second-order valence-corrected chi connectivity index (χ2v) is 4.09. The van der Waals surface area contributed by atoms with E-state index in [1.165, 1.54) is 6.42 Å². The van der Waals surface area contributed by atoms with Crippen LogP contribution in [0.15, 0.2) is 0 Å². The van der Waals surface area contributed by atoms with Crippen LogP contribution in [0.4, 0.5) is 0 Å². The van der Waals surface area contributed by atoms with Gasteiger partial charge in [0.25, 0.3) is 0 Å². The first kappa shape index (κ1) is 16.8. The van der Waals surface area contributed by atoms with Gasteiger partial charge in [0.2, 0.25) is 0 Å². The van der Waals surface area contributed by atoms with Crippen LogP contribution in [0.3, 0.4) is 0 Å². The highest BCUT2D eigenvalue weighted by atomic mass is 16.5. The number of hydrogen-bond acceptors (Lipinski definition) is 4. The molecule has 104 valence electrons. The van der Waals surface area contributed by atoms with Crippen LogP contribution in [0.1, 0.15) is 33.1 Å². The molecule has 0 aromatic rings. The van der Waals surface area contributed by atoms with E-state index < -0.39 is 0 Å². The van der Waals surface area contributed by atoms with Crippen molar-refractivity contribution in [2.24, 2.45) is 0 Å². The minimum Gasteiger partial charge on any atom is -0.385 e. The van der Waals surface area contributed by atoms with Crippen molar-refractivity contribution in [3.8, 4) is 0 Å². The lowest BCUT2D eigenvalue weighted by molar-refractivity contribution is 0.0323. The van der Waals surface area contributed by atoms with E-state index in [4.69, 9.17) is 14.2 Å². The highest BCUT2D eigenvalue weighted by molar-refractivity contribution is 4.62. The van der Waals surface area contributed by atoms with Crippen LogP contribution in [-0.4, -0.2) is 52.7 Å². The zero-order valence-electron chi connectivity index (χ0n) is 11.7. The summed E-state index contributed by atoms with van der Waals surface area (Å²) in [4.78, 5) is 0. The van der Waals surface area contributed by atoms with Gasteiger partial charge in [0.15, 0.2) is 0 Å². The summed E-state index contributed by atoms with van der Waals surface area (Å²) < 4.78 is 15.9. The Bertz CT molecular complexity index is 145. The zero-order valence-corrected chi connectivity index (χ0v) is 11.7. The number of rotatable bonds is 13. The monoisotopic (exact) mass is 247 g/mol. The summed E-state index contributed by atoms with van der Waals surface area (Å²) in [6.07, 6.45) is 3.22. The van der Waals surface area contributed by atoms with Crippen molar-refractivity contribution < 1.29 is 14.2 Å². The summed E-state index contributed by atoms with van der Waals surface area (Å²) in [5, 5.41) is 3.46. The van der Waals surface area contributed by atoms with E-state index in [1.807, 2.05) is 0 Å². The van der Waals surface area contributed by atoms with E-state index >= 15 is 0 Å². The van der Waals surface area contributed by atoms with E-state index in [9.17, 15) is 0 Å². The Morgan fingerprint density at radius 2 is 1.76 bits per heavy atom. The van der Waals surface area contributed by atoms with Gasteiger partial charge in [-0.3, -0.25) is 0 Å². The predicted octanol–water partition coefficient (Wildman–Crippen LogP) is 1.83. The summed E-state index contributed by atoms with van der Waals surface area (Å²) >= 11 is 0. The Kier molecular flexibility index (Phi) is 13.8. The molecular formula is C13H29NO3. The van der Waals surface area contributed by atoms with Crippen molar-refractivity contribution >= 4 is 0 Å². The summed E-state index contributed by atoms with van der Waals surface area (Å²) in [6.45, 7) is 9.06. The van der Waals surface area contributed by atoms with E-state index in [2.05, 4.69) is 19.2 Å². The average molecular weight is 247 g/mol. The van der Waals surface area contributed by atoms with Crippen molar-refractivity contribution in [1.29, 1.82) is 0 Å². The molecule has 0 aliphatic carbocycles. The van der Waals surface area contributed by atoms with Crippen LogP contribution >= 0.6 is 0 Å². The molecule has 0 spiro atoms. The number of ether oxygens (including phenoxy) is 3. The average Bonchev–Trinajstić information content (AvgIpc) is 2.36. The van der Waals surface area contributed by atoms with Gasteiger partial charge in [-0.2, -0.15) is 0 Å². The van der Waals surface area contributed by atoms with Gasteiger partial charge in [0, 0.05) is 26.4 Å². The lowest BCUT2D eigenvalue weighted by atomic mass is 10.2. The fourth-order valence-electron chi connectivity index (χ4n) is 1.42. The number of methoxy groups -OCH3 is 1. The molecule has 0 aromatic carbocycles. The van der Waals surface area contributed by atoms with Gasteiger partial charge in [-0.05, 0) is 25.8 Å². The molecule has 17 heavy (non-hydrogen) atoms. The van der Waals surface area contributed by atoms with Gasteiger partial charge in [-0.25, -0.2) is 0 Å². The number of hydrogen-bond donors (Lipinski definition) is 1. The fraction of sp³-hybridized carbons (Fsp3) is 1.00. The van der Waals surface area contributed by atoms with E-state index in [1.54, 1.807) is 7.11 Å². The number of nitrogens with one attached hydrogen (secondary N) is 1. The van der Waals surface area contributed by atoms with Gasteiger partial charge < -0.3 is 19.5 Å². The molecule has 0 saturated heterocycles. The first-order valence-corrected chi connectivity index (χ1v) is 6.72. The van der Waals surface area contributed by atoms with Gasteiger partial charge >= 0.3 is 0 Å². The van der Waals surface area contributed by atoms with Crippen molar-refractivity contribution in [2.75, 3.05) is 46.7 Å². The maximum Gasteiger partial charge on any atom is 0.0701 e. The lowest BCUT2D eigenvalue weighted by Gasteiger charge is -2.16. The molecule has 0 heterocycles. The van der Waals surface area contributed by atoms with Gasteiger partial charge in [0.05, 0.1) is 19.8 Å². The molecule has 4 nitrogen and oxygen atoms in total. The molecule has 0 amide bonds. The van der Waals surface area contributed by atoms with Crippen LogP contribution in [0.25, 0.3) is 0 Å². The Morgan fingerprint density at radius 3 is 2.41 bits per heavy atom. The summed E-state index contributed by atoms with van der Waals surface area (Å²) in [7, 11) is 1.71. The van der Waals surface area contributed by atoms with Crippen LogP contribution in [-0.2, 0) is 14.2 Å². The fourth-order valence-corrected chi connectivity index (χ4v) is 1.42. The summed E-state index contributed by atoms with van der Waals surface area (Å²) in [5.41, 5.74) is 0. The first-order valence-electron chi connectivity index (χ1n) is 6.72. The Morgan fingerprint density at radius 1 is 1.00 bits per heavy atom. The normalized spacial score (nSPS) is 12.9. The van der Waals surface area contributed by atoms with Crippen LogP contribution in [0.5, 0.6) is 0 Å². The molecule has 0 aromatic heterocycles. The second kappa shape index (κ2) is 13.9. The molecule has 1 N–H and O–H groups in total. The minimum atomic E-state index is 0.475. The second-order valence-electron chi connectivity index (χ2n) is 4.09.